The van der Waals surface area contributed by atoms with Crippen LogP contribution in [-0.4, -0.2) is 23.0 Å². The maximum absolute atomic E-state index is 12.5. The van der Waals surface area contributed by atoms with Crippen LogP contribution in [0, 0.1) is 0 Å². The van der Waals surface area contributed by atoms with Crippen molar-refractivity contribution in [3.63, 3.8) is 0 Å². The van der Waals surface area contributed by atoms with Gasteiger partial charge in [-0.1, -0.05) is 32.9 Å². The summed E-state index contributed by atoms with van der Waals surface area (Å²) in [5, 5.41) is 7.65. The van der Waals surface area contributed by atoms with Crippen molar-refractivity contribution in [3.8, 4) is 0 Å². The lowest BCUT2D eigenvalue weighted by molar-refractivity contribution is 0.587. The number of aromatic nitrogens is 3. The summed E-state index contributed by atoms with van der Waals surface area (Å²) < 4.78 is 29.2. The van der Waals surface area contributed by atoms with Crippen LogP contribution in [0.3, 0.4) is 0 Å². The first-order valence-electron chi connectivity index (χ1n) is 7.18. The fourth-order valence-corrected chi connectivity index (χ4v) is 3.28. The molecule has 2 aromatic heterocycles. The molecule has 0 atom stereocenters. The van der Waals surface area contributed by atoms with Crippen LogP contribution in [-0.2, 0) is 15.4 Å². The lowest BCUT2D eigenvalue weighted by Crippen LogP contribution is -2.15. The minimum atomic E-state index is -3.63. The highest BCUT2D eigenvalue weighted by Gasteiger charge is 2.17. The molecule has 1 N–H and O–H groups in total. The van der Waals surface area contributed by atoms with Gasteiger partial charge in [0.2, 0.25) is 0 Å². The van der Waals surface area contributed by atoms with Crippen molar-refractivity contribution in [2.24, 2.45) is 0 Å². The van der Waals surface area contributed by atoms with E-state index in [0.717, 1.165) is 5.56 Å². The molecule has 7 heteroatoms. The third-order valence-corrected chi connectivity index (χ3v) is 4.97. The van der Waals surface area contributed by atoms with Crippen molar-refractivity contribution >= 4 is 21.4 Å². The standard InChI is InChI=1S/C16H18N4O2S/c1-16(2,3)12-4-7-14(8-5-12)23(21,22)19-13-6-9-15-18-17-11-20(15)10-13/h4-11,19H,1-3H3. The zero-order valence-electron chi connectivity index (χ0n) is 13.2. The van der Waals surface area contributed by atoms with Gasteiger partial charge in [-0.3, -0.25) is 9.12 Å². The van der Waals surface area contributed by atoms with Gasteiger partial charge < -0.3 is 0 Å². The van der Waals surface area contributed by atoms with E-state index in [1.807, 2.05) is 12.1 Å². The third-order valence-electron chi connectivity index (χ3n) is 3.57. The van der Waals surface area contributed by atoms with Gasteiger partial charge in [-0.05, 0) is 35.2 Å². The molecule has 0 aliphatic rings. The Balaban J connectivity index is 1.88. The van der Waals surface area contributed by atoms with Crippen molar-refractivity contribution in [1.29, 1.82) is 0 Å². The maximum atomic E-state index is 12.5. The van der Waals surface area contributed by atoms with E-state index in [1.54, 1.807) is 34.9 Å². The number of nitrogens with one attached hydrogen (secondary N) is 1. The number of fused-ring (bicyclic) bond motifs is 1. The van der Waals surface area contributed by atoms with E-state index >= 15 is 0 Å². The van der Waals surface area contributed by atoms with Gasteiger partial charge in [-0.25, -0.2) is 8.42 Å². The average Bonchev–Trinajstić information content (AvgIpc) is 2.93. The molecule has 0 bridgehead atoms. The molecule has 0 saturated carbocycles. The summed E-state index contributed by atoms with van der Waals surface area (Å²) in [6, 6.07) is 10.3. The SMILES string of the molecule is CC(C)(C)c1ccc(S(=O)(=O)Nc2ccc3nncn3c2)cc1. The number of benzene rings is 1. The van der Waals surface area contributed by atoms with Gasteiger partial charge in [-0.15, -0.1) is 10.2 Å². The van der Waals surface area contributed by atoms with Gasteiger partial charge >= 0.3 is 0 Å². The second-order valence-corrected chi connectivity index (χ2v) is 8.08. The highest BCUT2D eigenvalue weighted by Crippen LogP contribution is 2.24. The summed E-state index contributed by atoms with van der Waals surface area (Å²) in [4.78, 5) is 0.231. The molecule has 0 amide bonds. The molecule has 23 heavy (non-hydrogen) atoms. The Morgan fingerprint density at radius 1 is 1.04 bits per heavy atom. The van der Waals surface area contributed by atoms with Gasteiger partial charge in [0, 0.05) is 6.20 Å². The average molecular weight is 330 g/mol. The summed E-state index contributed by atoms with van der Waals surface area (Å²) in [5.41, 5.74) is 2.18. The largest absolute Gasteiger partial charge is 0.287 e. The molecule has 120 valence electrons. The lowest BCUT2D eigenvalue weighted by Gasteiger charge is -2.19. The van der Waals surface area contributed by atoms with Crippen LogP contribution < -0.4 is 4.72 Å². The lowest BCUT2D eigenvalue weighted by atomic mass is 9.87. The summed E-state index contributed by atoms with van der Waals surface area (Å²) >= 11 is 0. The molecular weight excluding hydrogens is 312 g/mol. The highest BCUT2D eigenvalue weighted by molar-refractivity contribution is 7.92. The Labute approximate surface area is 135 Å². The number of anilines is 1. The zero-order chi connectivity index (χ0) is 16.7. The van der Waals surface area contributed by atoms with E-state index in [4.69, 9.17) is 0 Å². The van der Waals surface area contributed by atoms with Gasteiger partial charge in [-0.2, -0.15) is 0 Å². The van der Waals surface area contributed by atoms with Crippen molar-refractivity contribution < 1.29 is 8.42 Å². The zero-order valence-corrected chi connectivity index (χ0v) is 14.0. The predicted octanol–water partition coefficient (Wildman–Crippen LogP) is 2.83. The number of nitrogens with zero attached hydrogens (tertiary/aromatic N) is 3. The van der Waals surface area contributed by atoms with Gasteiger partial charge in [0.15, 0.2) is 5.65 Å². The van der Waals surface area contributed by atoms with Gasteiger partial charge in [0.05, 0.1) is 10.6 Å². The molecule has 2 heterocycles. The topological polar surface area (TPSA) is 76.4 Å². The number of hydrogen-bond acceptors (Lipinski definition) is 4. The third kappa shape index (κ3) is 3.19. The fraction of sp³-hybridized carbons (Fsp3) is 0.250. The monoisotopic (exact) mass is 330 g/mol. The van der Waals surface area contributed by atoms with Crippen LogP contribution >= 0.6 is 0 Å². The van der Waals surface area contributed by atoms with E-state index in [0.29, 0.717) is 11.3 Å². The van der Waals surface area contributed by atoms with Crippen LogP contribution in [0.4, 0.5) is 5.69 Å². The van der Waals surface area contributed by atoms with E-state index in [9.17, 15) is 8.42 Å². The number of sulfonamides is 1. The van der Waals surface area contributed by atoms with Crippen molar-refractivity contribution in [2.45, 2.75) is 31.1 Å². The first kappa shape index (κ1) is 15.5. The second-order valence-electron chi connectivity index (χ2n) is 6.39. The molecule has 0 radical (unpaired) electrons. The van der Waals surface area contributed by atoms with Crippen LogP contribution in [0.1, 0.15) is 26.3 Å². The normalized spacial score (nSPS) is 12.5. The molecule has 0 unspecified atom stereocenters. The summed E-state index contributed by atoms with van der Waals surface area (Å²) in [5.74, 6) is 0. The van der Waals surface area contributed by atoms with Crippen molar-refractivity contribution in [2.75, 3.05) is 4.72 Å². The number of rotatable bonds is 3. The minimum Gasteiger partial charge on any atom is -0.287 e. The number of hydrogen-bond donors (Lipinski definition) is 1. The molecule has 1 aromatic carbocycles. The molecule has 0 spiro atoms. The Hall–Kier alpha value is -2.41. The molecule has 3 rings (SSSR count). The van der Waals surface area contributed by atoms with E-state index < -0.39 is 10.0 Å². The predicted molar refractivity (Wildman–Crippen MR) is 88.9 cm³/mol. The Morgan fingerprint density at radius 2 is 1.74 bits per heavy atom. The molecule has 0 aliphatic heterocycles. The molecule has 3 aromatic rings. The Morgan fingerprint density at radius 3 is 2.39 bits per heavy atom. The summed E-state index contributed by atoms with van der Waals surface area (Å²) in [6.45, 7) is 6.26. The molecule has 0 fully saturated rings. The first-order chi connectivity index (χ1) is 10.8. The number of pyridine rings is 1. The van der Waals surface area contributed by atoms with Crippen LogP contribution in [0.2, 0.25) is 0 Å². The second kappa shape index (κ2) is 5.34. The highest BCUT2D eigenvalue weighted by atomic mass is 32.2. The molecular formula is C16H18N4O2S. The maximum Gasteiger partial charge on any atom is 0.261 e. The Kier molecular flexibility index (Phi) is 3.60. The van der Waals surface area contributed by atoms with Gasteiger partial charge in [0.25, 0.3) is 10.0 Å². The van der Waals surface area contributed by atoms with E-state index in [2.05, 4.69) is 35.7 Å². The van der Waals surface area contributed by atoms with E-state index in [-0.39, 0.29) is 10.3 Å². The van der Waals surface area contributed by atoms with Crippen molar-refractivity contribution in [1.82, 2.24) is 14.6 Å². The Bertz CT molecular complexity index is 938. The van der Waals surface area contributed by atoms with Crippen LogP contribution in [0.5, 0.6) is 0 Å². The summed E-state index contributed by atoms with van der Waals surface area (Å²) in [7, 11) is -3.63. The van der Waals surface area contributed by atoms with E-state index in [1.165, 1.54) is 6.33 Å². The first-order valence-corrected chi connectivity index (χ1v) is 8.67. The fourth-order valence-electron chi connectivity index (χ4n) is 2.24. The minimum absolute atomic E-state index is 0.0187. The van der Waals surface area contributed by atoms with Crippen molar-refractivity contribution in [3.05, 3.63) is 54.5 Å². The molecule has 0 aliphatic carbocycles. The molecule has 0 saturated heterocycles. The quantitative estimate of drug-likeness (QED) is 0.801. The molecule has 6 nitrogen and oxygen atoms in total. The smallest absolute Gasteiger partial charge is 0.261 e. The van der Waals surface area contributed by atoms with Crippen LogP contribution in [0.25, 0.3) is 5.65 Å². The van der Waals surface area contributed by atoms with Gasteiger partial charge in [0.1, 0.15) is 6.33 Å². The summed E-state index contributed by atoms with van der Waals surface area (Å²) in [6.07, 6.45) is 3.15. The van der Waals surface area contributed by atoms with Crippen LogP contribution in [0.15, 0.2) is 53.8 Å².